The number of benzene rings is 1. The standard InChI is InChI=1S/C27H33F2N5O3/c1-27(2,3)15-17-24(29)18(28)14-20-25(17)32-21(30-20)16-34-13-9-10-19(26(34)37)31-22(35)11-7-6-8-12-23(36)33(4)5/h8-10,12-14H,6-7,11,15-16H2,1-5H3,(H,30,32)(H,31,35)/b12-8+. The molecular formula is C27H33F2N5O3. The second-order valence-corrected chi connectivity index (χ2v) is 10.4. The average molecular weight is 514 g/mol. The zero-order valence-electron chi connectivity index (χ0n) is 21.8. The van der Waals surface area contributed by atoms with Gasteiger partial charge in [-0.15, -0.1) is 0 Å². The van der Waals surface area contributed by atoms with Crippen molar-refractivity contribution >= 4 is 28.5 Å². The predicted octanol–water partition coefficient (Wildman–Crippen LogP) is 4.39. The van der Waals surface area contributed by atoms with E-state index in [1.807, 2.05) is 20.8 Å². The molecule has 0 aliphatic heterocycles. The summed E-state index contributed by atoms with van der Waals surface area (Å²) >= 11 is 0. The van der Waals surface area contributed by atoms with E-state index in [1.165, 1.54) is 21.6 Å². The van der Waals surface area contributed by atoms with Crippen LogP contribution in [-0.4, -0.2) is 45.3 Å². The van der Waals surface area contributed by atoms with E-state index in [4.69, 9.17) is 0 Å². The van der Waals surface area contributed by atoms with Gasteiger partial charge in [0, 0.05) is 38.3 Å². The lowest BCUT2D eigenvalue weighted by Gasteiger charge is -2.18. The fraction of sp³-hybridized carbons (Fsp3) is 0.407. The summed E-state index contributed by atoms with van der Waals surface area (Å²) in [7, 11) is 3.32. The van der Waals surface area contributed by atoms with Gasteiger partial charge in [0.1, 0.15) is 11.5 Å². The molecule has 0 atom stereocenters. The molecule has 0 aliphatic rings. The topological polar surface area (TPSA) is 100 Å². The Morgan fingerprint density at radius 2 is 1.97 bits per heavy atom. The Morgan fingerprint density at radius 1 is 1.24 bits per heavy atom. The molecule has 2 amide bonds. The number of carbonyl (C=O) groups excluding carboxylic acids is 2. The zero-order valence-corrected chi connectivity index (χ0v) is 21.8. The smallest absolute Gasteiger partial charge is 0.274 e. The highest BCUT2D eigenvalue weighted by molar-refractivity contribution is 5.90. The fourth-order valence-corrected chi connectivity index (χ4v) is 3.82. The minimum atomic E-state index is -0.955. The highest BCUT2D eigenvalue weighted by Gasteiger charge is 2.22. The third-order valence-corrected chi connectivity index (χ3v) is 5.61. The van der Waals surface area contributed by atoms with Crippen molar-refractivity contribution in [3.63, 3.8) is 0 Å². The van der Waals surface area contributed by atoms with Crippen LogP contribution in [0.5, 0.6) is 0 Å². The first-order chi connectivity index (χ1) is 17.4. The van der Waals surface area contributed by atoms with E-state index < -0.39 is 17.2 Å². The number of aromatic amines is 1. The van der Waals surface area contributed by atoms with Crippen LogP contribution < -0.4 is 10.9 Å². The van der Waals surface area contributed by atoms with E-state index in [1.54, 1.807) is 32.4 Å². The summed E-state index contributed by atoms with van der Waals surface area (Å²) in [5.41, 5.74) is 0.283. The van der Waals surface area contributed by atoms with Crippen molar-refractivity contribution in [1.82, 2.24) is 19.4 Å². The van der Waals surface area contributed by atoms with Gasteiger partial charge in [0.25, 0.3) is 5.56 Å². The van der Waals surface area contributed by atoms with Crippen LogP contribution in [-0.2, 0) is 22.6 Å². The average Bonchev–Trinajstić information content (AvgIpc) is 3.20. The molecule has 198 valence electrons. The number of halogens is 2. The normalized spacial score (nSPS) is 11.9. The van der Waals surface area contributed by atoms with Crippen LogP contribution in [0.2, 0.25) is 0 Å². The highest BCUT2D eigenvalue weighted by atomic mass is 19.2. The van der Waals surface area contributed by atoms with Gasteiger partial charge in [-0.3, -0.25) is 14.4 Å². The first-order valence-corrected chi connectivity index (χ1v) is 12.1. The summed E-state index contributed by atoms with van der Waals surface area (Å²) in [5.74, 6) is -1.95. The first-order valence-electron chi connectivity index (χ1n) is 12.1. The summed E-state index contributed by atoms with van der Waals surface area (Å²) in [5, 5.41) is 2.63. The maximum atomic E-state index is 14.6. The molecule has 2 heterocycles. The Kier molecular flexibility index (Phi) is 8.62. The zero-order chi connectivity index (χ0) is 27.3. The largest absolute Gasteiger partial charge is 0.345 e. The summed E-state index contributed by atoms with van der Waals surface area (Å²) in [4.78, 5) is 45.7. The second-order valence-electron chi connectivity index (χ2n) is 10.4. The molecule has 2 aromatic heterocycles. The number of amides is 2. The molecule has 0 unspecified atom stereocenters. The van der Waals surface area contributed by atoms with E-state index in [0.717, 1.165) is 6.07 Å². The number of allylic oxidation sites excluding steroid dienone is 1. The molecule has 8 nitrogen and oxygen atoms in total. The number of likely N-dealkylation sites (N-methyl/N-ethyl adjacent to an activating group) is 1. The van der Waals surface area contributed by atoms with Gasteiger partial charge in [-0.2, -0.15) is 0 Å². The molecule has 1 aromatic carbocycles. The molecule has 0 fully saturated rings. The molecule has 0 spiro atoms. The van der Waals surface area contributed by atoms with E-state index >= 15 is 0 Å². The molecule has 3 aromatic rings. The minimum Gasteiger partial charge on any atom is -0.345 e. The molecular weight excluding hydrogens is 480 g/mol. The van der Waals surface area contributed by atoms with Crippen LogP contribution in [0, 0.1) is 17.0 Å². The quantitative estimate of drug-likeness (QED) is 0.327. The molecule has 0 saturated heterocycles. The van der Waals surface area contributed by atoms with Crippen LogP contribution in [0.4, 0.5) is 14.5 Å². The van der Waals surface area contributed by atoms with Crippen LogP contribution in [0.3, 0.4) is 0 Å². The van der Waals surface area contributed by atoms with Gasteiger partial charge in [0.15, 0.2) is 11.6 Å². The van der Waals surface area contributed by atoms with Crippen molar-refractivity contribution in [1.29, 1.82) is 0 Å². The Balaban J connectivity index is 1.72. The molecule has 3 rings (SSSR count). The van der Waals surface area contributed by atoms with E-state index in [2.05, 4.69) is 15.3 Å². The Morgan fingerprint density at radius 3 is 2.65 bits per heavy atom. The lowest BCUT2D eigenvalue weighted by atomic mass is 9.87. The Hall–Kier alpha value is -3.82. The highest BCUT2D eigenvalue weighted by Crippen LogP contribution is 2.29. The number of fused-ring (bicyclic) bond motifs is 1. The van der Waals surface area contributed by atoms with Gasteiger partial charge in [-0.25, -0.2) is 13.8 Å². The number of unbranched alkanes of at least 4 members (excludes halogenated alkanes) is 1. The number of carbonyl (C=O) groups is 2. The number of anilines is 1. The van der Waals surface area contributed by atoms with Crippen LogP contribution in [0.1, 0.15) is 51.4 Å². The van der Waals surface area contributed by atoms with E-state index in [0.29, 0.717) is 36.1 Å². The number of aromatic nitrogens is 3. The Bertz CT molecular complexity index is 1380. The molecule has 0 saturated carbocycles. The van der Waals surface area contributed by atoms with Crippen molar-refractivity contribution in [3.8, 4) is 0 Å². The molecule has 0 bridgehead atoms. The molecule has 0 radical (unpaired) electrons. The van der Waals surface area contributed by atoms with Crippen LogP contribution >= 0.6 is 0 Å². The SMILES string of the molecule is CN(C)C(=O)/C=C/CCCC(=O)Nc1cccn(Cc2nc3c(CC(C)(C)C)c(F)c(F)cc3[nH]2)c1=O. The van der Waals surface area contributed by atoms with Gasteiger partial charge >= 0.3 is 0 Å². The minimum absolute atomic E-state index is 0.0279. The van der Waals surface area contributed by atoms with Crippen molar-refractivity contribution in [3.05, 3.63) is 69.9 Å². The van der Waals surface area contributed by atoms with E-state index in [-0.39, 0.29) is 41.4 Å². The monoisotopic (exact) mass is 513 g/mol. The number of nitrogens with zero attached hydrogens (tertiary/aromatic N) is 3. The van der Waals surface area contributed by atoms with Gasteiger partial charge in [0.05, 0.1) is 17.6 Å². The number of rotatable bonds is 9. The number of hydrogen-bond donors (Lipinski definition) is 2. The summed E-state index contributed by atoms with van der Waals surface area (Å²) in [6.45, 7) is 5.82. The van der Waals surface area contributed by atoms with Crippen molar-refractivity contribution in [2.45, 2.75) is 53.0 Å². The van der Waals surface area contributed by atoms with Crippen molar-refractivity contribution in [2.24, 2.45) is 5.41 Å². The lowest BCUT2D eigenvalue weighted by Crippen LogP contribution is -2.26. The fourth-order valence-electron chi connectivity index (χ4n) is 3.82. The van der Waals surface area contributed by atoms with E-state index in [9.17, 15) is 23.2 Å². The number of nitrogens with one attached hydrogen (secondary N) is 2. The summed E-state index contributed by atoms with van der Waals surface area (Å²) < 4.78 is 30.2. The first kappa shape index (κ1) is 27.8. The summed E-state index contributed by atoms with van der Waals surface area (Å²) in [6.07, 6.45) is 6.27. The molecule has 2 N–H and O–H groups in total. The predicted molar refractivity (Wildman–Crippen MR) is 139 cm³/mol. The lowest BCUT2D eigenvalue weighted by molar-refractivity contribution is -0.123. The summed E-state index contributed by atoms with van der Waals surface area (Å²) in [6, 6.07) is 4.20. The third kappa shape index (κ3) is 7.34. The van der Waals surface area contributed by atoms with Gasteiger partial charge in [-0.05, 0) is 42.9 Å². The van der Waals surface area contributed by atoms with Crippen molar-refractivity contribution < 1.29 is 18.4 Å². The maximum absolute atomic E-state index is 14.6. The maximum Gasteiger partial charge on any atom is 0.274 e. The van der Waals surface area contributed by atoms with Crippen LogP contribution in [0.25, 0.3) is 11.0 Å². The molecule has 37 heavy (non-hydrogen) atoms. The van der Waals surface area contributed by atoms with Crippen LogP contribution in [0.15, 0.2) is 41.3 Å². The molecule has 0 aliphatic carbocycles. The number of H-pyrrole nitrogens is 1. The van der Waals surface area contributed by atoms with Gasteiger partial charge < -0.3 is 19.8 Å². The van der Waals surface area contributed by atoms with Gasteiger partial charge in [-0.1, -0.05) is 26.8 Å². The molecule has 10 heteroatoms. The Labute approximate surface area is 214 Å². The third-order valence-electron chi connectivity index (χ3n) is 5.61. The van der Waals surface area contributed by atoms with Gasteiger partial charge in [0.2, 0.25) is 11.8 Å². The number of imidazole rings is 1. The number of pyridine rings is 1. The van der Waals surface area contributed by atoms with Crippen molar-refractivity contribution in [2.75, 3.05) is 19.4 Å². The number of hydrogen-bond acceptors (Lipinski definition) is 4. The second kappa shape index (κ2) is 11.5.